The molecular formula is C24H26N5O2P. The zero-order valence-electron chi connectivity index (χ0n) is 18.2. The van der Waals surface area contributed by atoms with Crippen LogP contribution in [-0.4, -0.2) is 28.2 Å². The second kappa shape index (κ2) is 9.47. The highest BCUT2D eigenvalue weighted by Crippen LogP contribution is 2.46. The fraction of sp³-hybridized carbons (Fsp3) is 0.208. The molecule has 7 nitrogen and oxygen atoms in total. The molecule has 1 unspecified atom stereocenters. The second-order valence-corrected chi connectivity index (χ2v) is 10.3. The number of aromatic nitrogens is 3. The fourth-order valence-corrected chi connectivity index (χ4v) is 5.03. The summed E-state index contributed by atoms with van der Waals surface area (Å²) in [5.41, 5.74) is 10.7. The van der Waals surface area contributed by atoms with Crippen molar-refractivity contribution in [3.05, 3.63) is 78.1 Å². The van der Waals surface area contributed by atoms with Gasteiger partial charge in [0.1, 0.15) is 0 Å². The van der Waals surface area contributed by atoms with Gasteiger partial charge in [0.25, 0.3) is 0 Å². The highest BCUT2D eigenvalue weighted by Gasteiger charge is 2.16. The van der Waals surface area contributed by atoms with Crippen LogP contribution in [-0.2, 0) is 21.8 Å². The van der Waals surface area contributed by atoms with Crippen LogP contribution in [0.1, 0.15) is 18.1 Å². The minimum Gasteiger partial charge on any atom is -0.381 e. The number of nitrogens with one attached hydrogen (secondary N) is 1. The molecule has 164 valence electrons. The first-order valence-corrected chi connectivity index (χ1v) is 12.7. The number of nitrogens with zero attached hydrogens (tertiary/aromatic N) is 3. The molecule has 0 bridgehead atoms. The molecule has 0 saturated heterocycles. The molecule has 4 rings (SSSR count). The van der Waals surface area contributed by atoms with Crippen LogP contribution in [0.2, 0.25) is 0 Å². The average molecular weight is 447 g/mol. The van der Waals surface area contributed by atoms with Gasteiger partial charge in [0.15, 0.2) is 11.6 Å². The van der Waals surface area contributed by atoms with Crippen molar-refractivity contribution >= 4 is 29.9 Å². The van der Waals surface area contributed by atoms with Crippen molar-refractivity contribution in [3.63, 3.8) is 0 Å². The molecule has 2 heterocycles. The first kappa shape index (κ1) is 21.9. The van der Waals surface area contributed by atoms with Gasteiger partial charge in [-0.05, 0) is 36.2 Å². The molecule has 2 aromatic heterocycles. The summed E-state index contributed by atoms with van der Waals surface area (Å²) in [5.74, 6) is 0.878. The van der Waals surface area contributed by atoms with Crippen LogP contribution in [0.5, 0.6) is 0 Å². The van der Waals surface area contributed by atoms with E-state index in [9.17, 15) is 4.57 Å². The van der Waals surface area contributed by atoms with E-state index in [1.165, 1.54) is 0 Å². The maximum Gasteiger partial charge on any atom is 0.204 e. The molecule has 3 N–H and O–H groups in total. The van der Waals surface area contributed by atoms with Gasteiger partial charge in [0, 0.05) is 36.5 Å². The summed E-state index contributed by atoms with van der Waals surface area (Å²) in [7, 11) is -2.63. The molecule has 0 aliphatic rings. The van der Waals surface area contributed by atoms with Crippen LogP contribution in [0.4, 0.5) is 11.6 Å². The van der Waals surface area contributed by atoms with Gasteiger partial charge in [-0.3, -0.25) is 9.55 Å². The number of pyridine rings is 1. The van der Waals surface area contributed by atoms with E-state index in [1.807, 2.05) is 55.5 Å². The van der Waals surface area contributed by atoms with E-state index in [0.717, 1.165) is 27.6 Å². The van der Waals surface area contributed by atoms with Crippen molar-refractivity contribution in [2.24, 2.45) is 0 Å². The Hall–Kier alpha value is -3.28. The lowest BCUT2D eigenvalue weighted by Crippen LogP contribution is -2.07. The summed E-state index contributed by atoms with van der Waals surface area (Å²) in [4.78, 5) is 13.3. The third-order valence-corrected chi connectivity index (χ3v) is 6.79. The number of anilines is 2. The SMILES string of the molecule is CCOP(C)(=O)Cc1ccc(-c2cnc(N)c(NCc3ccc4ncccc4c3)n2)cc1. The van der Waals surface area contributed by atoms with Crippen LogP contribution >= 0.6 is 7.37 Å². The Morgan fingerprint density at radius 2 is 1.84 bits per heavy atom. The largest absolute Gasteiger partial charge is 0.381 e. The summed E-state index contributed by atoms with van der Waals surface area (Å²) in [6.45, 7) is 4.52. The highest BCUT2D eigenvalue weighted by atomic mass is 31.2. The van der Waals surface area contributed by atoms with Gasteiger partial charge >= 0.3 is 0 Å². The molecule has 0 aliphatic heterocycles. The van der Waals surface area contributed by atoms with Gasteiger partial charge in [-0.1, -0.05) is 36.4 Å². The number of nitrogen functional groups attached to an aromatic ring is 1. The molecule has 8 heteroatoms. The van der Waals surface area contributed by atoms with E-state index in [1.54, 1.807) is 19.1 Å². The molecule has 1 atom stereocenters. The van der Waals surface area contributed by atoms with Crippen LogP contribution in [0.25, 0.3) is 22.2 Å². The summed E-state index contributed by atoms with van der Waals surface area (Å²) in [5, 5.41) is 4.37. The van der Waals surface area contributed by atoms with Gasteiger partial charge in [-0.25, -0.2) is 9.97 Å². The van der Waals surface area contributed by atoms with Crippen LogP contribution in [0.15, 0.2) is 67.0 Å². The van der Waals surface area contributed by atoms with E-state index < -0.39 is 7.37 Å². The van der Waals surface area contributed by atoms with Gasteiger partial charge < -0.3 is 15.6 Å². The van der Waals surface area contributed by atoms with E-state index in [4.69, 9.17) is 10.3 Å². The first-order chi connectivity index (χ1) is 15.4. The van der Waals surface area contributed by atoms with E-state index >= 15 is 0 Å². The topological polar surface area (TPSA) is 103 Å². The molecule has 0 amide bonds. The van der Waals surface area contributed by atoms with Gasteiger partial charge in [0.05, 0.1) is 24.0 Å². The molecular weight excluding hydrogens is 421 g/mol. The van der Waals surface area contributed by atoms with Crippen molar-refractivity contribution in [1.82, 2.24) is 15.0 Å². The fourth-order valence-electron chi connectivity index (χ4n) is 3.52. The number of rotatable bonds is 8. The minimum absolute atomic E-state index is 0.344. The smallest absolute Gasteiger partial charge is 0.204 e. The molecule has 0 radical (unpaired) electrons. The quantitative estimate of drug-likeness (QED) is 0.352. The average Bonchev–Trinajstić information content (AvgIpc) is 2.78. The predicted octanol–water partition coefficient (Wildman–Crippen LogP) is 5.33. The maximum atomic E-state index is 12.4. The van der Waals surface area contributed by atoms with Gasteiger partial charge in [0.2, 0.25) is 7.37 Å². The van der Waals surface area contributed by atoms with Crippen molar-refractivity contribution in [2.45, 2.75) is 19.6 Å². The molecule has 2 aromatic carbocycles. The Kier molecular flexibility index (Phi) is 6.49. The van der Waals surface area contributed by atoms with Crippen LogP contribution in [0, 0.1) is 0 Å². The lowest BCUT2D eigenvalue weighted by atomic mass is 10.1. The Morgan fingerprint density at radius 1 is 1.06 bits per heavy atom. The Balaban J connectivity index is 1.49. The van der Waals surface area contributed by atoms with E-state index in [2.05, 4.69) is 26.3 Å². The lowest BCUT2D eigenvalue weighted by Gasteiger charge is -2.13. The zero-order valence-corrected chi connectivity index (χ0v) is 19.0. The number of benzene rings is 2. The number of hydrogen-bond donors (Lipinski definition) is 2. The van der Waals surface area contributed by atoms with Crippen molar-refractivity contribution in [3.8, 4) is 11.3 Å². The number of fused-ring (bicyclic) bond motifs is 1. The predicted molar refractivity (Wildman–Crippen MR) is 130 cm³/mol. The summed E-state index contributed by atoms with van der Waals surface area (Å²) in [6.07, 6.45) is 3.85. The van der Waals surface area contributed by atoms with Crippen molar-refractivity contribution in [2.75, 3.05) is 24.3 Å². The maximum absolute atomic E-state index is 12.4. The third kappa shape index (κ3) is 5.31. The minimum atomic E-state index is -2.63. The third-order valence-electron chi connectivity index (χ3n) is 5.05. The highest BCUT2D eigenvalue weighted by molar-refractivity contribution is 7.57. The van der Waals surface area contributed by atoms with E-state index in [0.29, 0.717) is 36.6 Å². The van der Waals surface area contributed by atoms with Crippen molar-refractivity contribution in [1.29, 1.82) is 0 Å². The van der Waals surface area contributed by atoms with Gasteiger partial charge in [-0.15, -0.1) is 0 Å². The Morgan fingerprint density at radius 3 is 2.62 bits per heavy atom. The Labute approximate surface area is 187 Å². The molecule has 0 saturated carbocycles. The van der Waals surface area contributed by atoms with E-state index in [-0.39, 0.29) is 0 Å². The number of nitrogens with two attached hydrogens (primary N) is 1. The summed E-state index contributed by atoms with van der Waals surface area (Å²) >= 11 is 0. The number of hydrogen-bond acceptors (Lipinski definition) is 7. The summed E-state index contributed by atoms with van der Waals surface area (Å²) < 4.78 is 17.8. The zero-order chi connectivity index (χ0) is 22.6. The second-order valence-electron chi connectivity index (χ2n) is 7.66. The summed E-state index contributed by atoms with van der Waals surface area (Å²) in [6, 6.07) is 17.9. The molecule has 0 spiro atoms. The standard InChI is InChI=1S/C24H26N5O2P/c1-3-31-32(2,30)16-17-6-9-19(10-7-17)22-15-27-23(25)24(29-22)28-14-18-8-11-21-20(13-18)5-4-12-26-21/h4-13,15H,3,14,16H2,1-2H3,(H2,25,27)(H,28,29). The molecule has 32 heavy (non-hydrogen) atoms. The molecule has 0 fully saturated rings. The molecule has 0 aliphatic carbocycles. The molecule has 4 aromatic rings. The van der Waals surface area contributed by atoms with Crippen LogP contribution < -0.4 is 11.1 Å². The van der Waals surface area contributed by atoms with Gasteiger partial charge in [-0.2, -0.15) is 0 Å². The van der Waals surface area contributed by atoms with Crippen molar-refractivity contribution < 1.29 is 9.09 Å². The Bertz CT molecular complexity index is 1280. The first-order valence-electron chi connectivity index (χ1n) is 10.4. The normalized spacial score (nSPS) is 13.1. The van der Waals surface area contributed by atoms with Crippen LogP contribution in [0.3, 0.4) is 0 Å². The monoisotopic (exact) mass is 447 g/mol. The lowest BCUT2D eigenvalue weighted by molar-refractivity contribution is 0.336.